The van der Waals surface area contributed by atoms with E-state index in [0.717, 1.165) is 16.8 Å². The lowest BCUT2D eigenvalue weighted by molar-refractivity contribution is 0.0950. The van der Waals surface area contributed by atoms with E-state index < -0.39 is 6.03 Å². The molecule has 0 unspecified atom stereocenters. The molecule has 2 aromatic carbocycles. The molecule has 0 aliphatic carbocycles. The summed E-state index contributed by atoms with van der Waals surface area (Å²) in [6.07, 6.45) is 6.38. The summed E-state index contributed by atoms with van der Waals surface area (Å²) in [5, 5.41) is 8.26. The molecule has 2 heterocycles. The van der Waals surface area contributed by atoms with E-state index in [1.807, 2.05) is 36.4 Å². The van der Waals surface area contributed by atoms with Gasteiger partial charge in [-0.05, 0) is 36.8 Å². The van der Waals surface area contributed by atoms with Crippen molar-refractivity contribution in [3.63, 3.8) is 0 Å². The second kappa shape index (κ2) is 11.4. The Balaban J connectivity index is 1.49. The number of aromatic nitrogens is 3. The van der Waals surface area contributed by atoms with Gasteiger partial charge in [-0.1, -0.05) is 36.4 Å². The highest BCUT2D eigenvalue weighted by atomic mass is 16.5. The number of nitrogens with one attached hydrogen (secondary N) is 3. The SMILES string of the molecule is Cc1cnc(NC(=O)Nc2ccc(C(=O)NCc3ccccc3)cc2OCc2cccnc2)cn1. The first-order valence-electron chi connectivity index (χ1n) is 10.9. The maximum absolute atomic E-state index is 12.8. The van der Waals surface area contributed by atoms with Crippen LogP contribution in [0.15, 0.2) is 85.5 Å². The number of aryl methyl sites for hydroxylation is 1. The summed E-state index contributed by atoms with van der Waals surface area (Å²) in [7, 11) is 0. The van der Waals surface area contributed by atoms with Crippen molar-refractivity contribution < 1.29 is 14.3 Å². The zero-order valence-electron chi connectivity index (χ0n) is 19.1. The summed E-state index contributed by atoms with van der Waals surface area (Å²) >= 11 is 0. The molecule has 0 saturated carbocycles. The molecule has 35 heavy (non-hydrogen) atoms. The normalized spacial score (nSPS) is 10.3. The Morgan fingerprint density at radius 3 is 2.46 bits per heavy atom. The maximum atomic E-state index is 12.8. The summed E-state index contributed by atoms with van der Waals surface area (Å²) in [5.41, 5.74) is 3.37. The van der Waals surface area contributed by atoms with Crippen LogP contribution >= 0.6 is 0 Å². The Bertz CT molecular complexity index is 1280. The van der Waals surface area contributed by atoms with Gasteiger partial charge in [-0.3, -0.25) is 20.1 Å². The number of urea groups is 1. The van der Waals surface area contributed by atoms with E-state index in [1.165, 1.54) is 6.20 Å². The molecule has 0 radical (unpaired) electrons. The van der Waals surface area contributed by atoms with Gasteiger partial charge in [-0.15, -0.1) is 0 Å². The van der Waals surface area contributed by atoms with E-state index in [-0.39, 0.29) is 12.5 Å². The fourth-order valence-corrected chi connectivity index (χ4v) is 3.14. The minimum Gasteiger partial charge on any atom is -0.487 e. The number of rotatable bonds is 8. The molecule has 0 fully saturated rings. The van der Waals surface area contributed by atoms with Gasteiger partial charge in [0.05, 0.1) is 23.8 Å². The fraction of sp³-hybridized carbons (Fsp3) is 0.115. The van der Waals surface area contributed by atoms with Crippen LogP contribution in [0.25, 0.3) is 0 Å². The number of nitrogens with zero attached hydrogens (tertiary/aromatic N) is 3. The van der Waals surface area contributed by atoms with Gasteiger partial charge in [0.2, 0.25) is 0 Å². The molecule has 9 nitrogen and oxygen atoms in total. The monoisotopic (exact) mass is 468 g/mol. The second-order valence-corrected chi connectivity index (χ2v) is 7.65. The van der Waals surface area contributed by atoms with Crippen molar-refractivity contribution in [2.75, 3.05) is 10.6 Å². The predicted octanol–water partition coefficient (Wildman–Crippen LogP) is 4.33. The quantitative estimate of drug-likeness (QED) is 0.354. The predicted molar refractivity (Wildman–Crippen MR) is 132 cm³/mol. The summed E-state index contributed by atoms with van der Waals surface area (Å²) in [4.78, 5) is 37.6. The Kier molecular flexibility index (Phi) is 7.59. The zero-order valence-corrected chi connectivity index (χ0v) is 19.1. The minimum atomic E-state index is -0.518. The van der Waals surface area contributed by atoms with Gasteiger partial charge in [0.25, 0.3) is 5.91 Å². The van der Waals surface area contributed by atoms with Crippen molar-refractivity contribution in [1.29, 1.82) is 0 Å². The summed E-state index contributed by atoms with van der Waals surface area (Å²) in [6, 6.07) is 17.6. The molecule has 4 rings (SSSR count). The lowest BCUT2D eigenvalue weighted by atomic mass is 10.1. The van der Waals surface area contributed by atoms with Crippen molar-refractivity contribution >= 4 is 23.4 Å². The molecule has 9 heteroatoms. The van der Waals surface area contributed by atoms with Crippen LogP contribution in [0.4, 0.5) is 16.3 Å². The first-order chi connectivity index (χ1) is 17.1. The molecule has 176 valence electrons. The van der Waals surface area contributed by atoms with Crippen molar-refractivity contribution in [2.24, 2.45) is 0 Å². The molecule has 0 aliphatic rings. The third kappa shape index (κ3) is 6.84. The van der Waals surface area contributed by atoms with Gasteiger partial charge >= 0.3 is 6.03 Å². The summed E-state index contributed by atoms with van der Waals surface area (Å²) in [5.74, 6) is 0.389. The second-order valence-electron chi connectivity index (χ2n) is 7.65. The molecule has 3 amide bonds. The number of benzene rings is 2. The first kappa shape index (κ1) is 23.4. The number of hydrogen-bond donors (Lipinski definition) is 3. The third-order valence-corrected chi connectivity index (χ3v) is 4.93. The molecule has 4 aromatic rings. The largest absolute Gasteiger partial charge is 0.487 e. The van der Waals surface area contributed by atoms with Gasteiger partial charge in [0.1, 0.15) is 12.4 Å². The first-order valence-corrected chi connectivity index (χ1v) is 10.9. The number of carbonyl (C=O) groups excluding carboxylic acids is 2. The smallest absolute Gasteiger partial charge is 0.324 e. The van der Waals surface area contributed by atoms with Crippen LogP contribution in [0.3, 0.4) is 0 Å². The summed E-state index contributed by atoms with van der Waals surface area (Å²) in [6.45, 7) is 2.41. The van der Waals surface area contributed by atoms with Crippen LogP contribution in [-0.2, 0) is 13.2 Å². The molecule has 0 bridgehead atoms. The van der Waals surface area contributed by atoms with E-state index in [2.05, 4.69) is 30.9 Å². The van der Waals surface area contributed by atoms with Gasteiger partial charge in [-0.25, -0.2) is 9.78 Å². The van der Waals surface area contributed by atoms with E-state index >= 15 is 0 Å². The number of carbonyl (C=O) groups is 2. The molecular formula is C26H24N6O3. The van der Waals surface area contributed by atoms with Crippen molar-refractivity contribution in [2.45, 2.75) is 20.1 Å². The molecule has 0 saturated heterocycles. The van der Waals surface area contributed by atoms with Crippen LogP contribution in [0.2, 0.25) is 0 Å². The van der Waals surface area contributed by atoms with Gasteiger partial charge in [-0.2, -0.15) is 0 Å². The fourth-order valence-electron chi connectivity index (χ4n) is 3.14. The Morgan fingerprint density at radius 1 is 0.886 bits per heavy atom. The Hall–Kier alpha value is -4.79. The van der Waals surface area contributed by atoms with Crippen LogP contribution in [-0.4, -0.2) is 26.9 Å². The standard InChI is InChI=1S/C26H24N6O3/c1-18-13-29-24(16-28-18)32-26(34)31-22-10-9-21(25(33)30-15-19-6-3-2-4-7-19)12-23(22)35-17-20-8-5-11-27-14-20/h2-14,16H,15,17H2,1H3,(H,30,33)(H2,29,31,32,34). The van der Waals surface area contributed by atoms with Crippen LogP contribution in [0, 0.1) is 6.92 Å². The lowest BCUT2D eigenvalue weighted by Gasteiger charge is -2.15. The van der Waals surface area contributed by atoms with E-state index in [0.29, 0.717) is 29.4 Å². The minimum absolute atomic E-state index is 0.211. The van der Waals surface area contributed by atoms with Crippen molar-refractivity contribution in [1.82, 2.24) is 20.3 Å². The maximum Gasteiger partial charge on any atom is 0.324 e. The van der Waals surface area contributed by atoms with Gasteiger partial charge in [0.15, 0.2) is 5.82 Å². The highest BCUT2D eigenvalue weighted by molar-refractivity contribution is 6.01. The van der Waals surface area contributed by atoms with Gasteiger partial charge < -0.3 is 15.4 Å². The number of hydrogen-bond acceptors (Lipinski definition) is 6. The van der Waals surface area contributed by atoms with Crippen molar-refractivity contribution in [3.05, 3.63) is 108 Å². The van der Waals surface area contributed by atoms with Crippen LogP contribution in [0.5, 0.6) is 5.75 Å². The molecule has 0 spiro atoms. The molecule has 0 atom stereocenters. The summed E-state index contributed by atoms with van der Waals surface area (Å²) < 4.78 is 5.95. The molecule has 3 N–H and O–H groups in total. The zero-order chi connectivity index (χ0) is 24.5. The Morgan fingerprint density at radius 2 is 1.71 bits per heavy atom. The molecule has 0 aliphatic heterocycles. The van der Waals surface area contributed by atoms with Crippen LogP contribution in [0.1, 0.15) is 27.2 Å². The van der Waals surface area contributed by atoms with Crippen LogP contribution < -0.4 is 20.7 Å². The highest BCUT2D eigenvalue weighted by Gasteiger charge is 2.14. The Labute approximate surface area is 202 Å². The van der Waals surface area contributed by atoms with E-state index in [4.69, 9.17) is 4.74 Å². The molecular weight excluding hydrogens is 444 g/mol. The average molecular weight is 469 g/mol. The lowest BCUT2D eigenvalue weighted by Crippen LogP contribution is -2.23. The number of pyridine rings is 1. The topological polar surface area (TPSA) is 118 Å². The van der Waals surface area contributed by atoms with Crippen molar-refractivity contribution in [3.8, 4) is 5.75 Å². The van der Waals surface area contributed by atoms with E-state index in [1.54, 1.807) is 49.8 Å². The highest BCUT2D eigenvalue weighted by Crippen LogP contribution is 2.27. The molecule has 2 aromatic heterocycles. The number of anilines is 2. The number of amides is 3. The number of ether oxygens (including phenoxy) is 1. The van der Waals surface area contributed by atoms with Gasteiger partial charge in [0, 0.05) is 30.1 Å². The third-order valence-electron chi connectivity index (χ3n) is 4.93. The van der Waals surface area contributed by atoms with E-state index in [9.17, 15) is 9.59 Å². The average Bonchev–Trinajstić information content (AvgIpc) is 2.89.